The first-order valence-electron chi connectivity index (χ1n) is 37.6. The van der Waals surface area contributed by atoms with Crippen molar-refractivity contribution in [1.29, 1.82) is 0 Å². The molecule has 2 fully saturated rings. The van der Waals surface area contributed by atoms with Crippen LogP contribution in [0, 0.1) is 5.92 Å². The zero-order valence-corrected chi connectivity index (χ0v) is 67.4. The average molecular weight is 1730 g/mol. The van der Waals surface area contributed by atoms with Crippen LogP contribution in [0.5, 0.6) is 51.7 Å². The molecule has 7 aromatic rings. The molecule has 634 valence electrons. The van der Waals surface area contributed by atoms with E-state index in [1.807, 2.05) is 38.1 Å². The summed E-state index contributed by atoms with van der Waals surface area (Å²) in [5.74, 6) is -15.2. The fourth-order valence-corrected chi connectivity index (χ4v) is 15.4. The molecule has 7 aliphatic rings. The van der Waals surface area contributed by atoms with Gasteiger partial charge in [0.25, 0.3) is 0 Å². The van der Waals surface area contributed by atoms with Crippen molar-refractivity contribution in [2.45, 2.75) is 169 Å². The number of phenolic OH excluding ortho intramolecular Hbond substituents is 3. The molecule has 7 heterocycles. The number of carboxylic acid groups (broad SMARTS) is 1. The maximum Gasteiger partial charge on any atom is 0.330 e. The first kappa shape index (κ1) is 87.9. The number of ether oxygens (including phenoxy) is 7. The van der Waals surface area contributed by atoms with Gasteiger partial charge in [-0.2, -0.15) is 0 Å². The third kappa shape index (κ3) is 19.7. The Morgan fingerprint density at radius 1 is 0.647 bits per heavy atom. The maximum absolute atomic E-state index is 16.3. The molecule has 38 heteroatoms. The fourth-order valence-electron chi connectivity index (χ4n) is 14.6. The van der Waals surface area contributed by atoms with Crippen LogP contribution in [0.4, 0.5) is 0 Å². The predicted molar refractivity (Wildman–Crippen MR) is 426 cm³/mol. The Labute approximate surface area is 700 Å². The molecule has 7 aromatic carbocycles. The number of benzene rings is 7. The highest BCUT2D eigenvalue weighted by Gasteiger charge is 2.52. The summed E-state index contributed by atoms with van der Waals surface area (Å²) in [6.45, 7) is 7.18. The van der Waals surface area contributed by atoms with Crippen molar-refractivity contribution in [3.63, 3.8) is 0 Å². The molecule has 0 radical (unpaired) electrons. The van der Waals surface area contributed by atoms with Gasteiger partial charge in [0.05, 0.1) is 44.8 Å². The van der Waals surface area contributed by atoms with Gasteiger partial charge in [0, 0.05) is 53.9 Å². The SMILES string of the molecule is CNCC1OC(Oc2c3cc4cc2Oc2ccc(cc2Cl)C(O)C2NC(=O)C(NC(=O)C4NC(=O)C(CC(N)=O)NC(=O)C(NC(=O)C(CC(C)C)NC)C(O)c4ccc(c(Cl)c4)O3)c3ccc(O)c(c3)-c3c(O)cc(O)cc3C(C(=O)O)NC2=O)C(OC2CC(C)(NCc3ccc(COc4ccc(Cl)c(Cl)c4)cc3)C(O)C(C)O2)C(O)C1O. The number of aliphatic carboxylic acids is 1. The normalized spacial score (nSPS) is 26.7. The zero-order valence-electron chi connectivity index (χ0n) is 64.4. The molecule has 20 N–H and O–H groups in total. The van der Waals surface area contributed by atoms with Gasteiger partial charge >= 0.3 is 5.97 Å². The number of amides is 7. The number of carboxylic acids is 1. The molecule has 0 spiro atoms. The third-order valence-electron chi connectivity index (χ3n) is 21.0. The number of primary amides is 1. The highest BCUT2D eigenvalue weighted by atomic mass is 35.5. The molecule has 14 rings (SSSR count). The standard InChI is InChI=1S/C81H88Cl4N10O24/c1-33(2)19-49(88-6)73(105)94-64-66(100)38-12-17-53(47(84)21-38)115-55-23-40-24-56(70(55)119-80-71(69(103)68(102)57(117-80)31-87-5)118-59-29-81(4,72(104)34(3)114-59)89-30-35-7-9-36(10-8-35)32-113-42-14-15-45(82)46(83)27-42)116-54-18-13-39(22-48(54)85)67(101)65-78(110)93-63(79(111)112)44-25-41(96)26-52(98)60(44)43-20-37(11-16-51(43)97)61(75(107)95-65)92-76(108)62(40)91-74(106)50(28-58(86)99)90-77(64)109/h7-18,20-27,33-34,49-50,57,59,61-69,71-72,80,87-89,96-98,100-104H,19,28-32H2,1-6H3,(H2,86,99)(H,90,109)(H,91,106)(H,92,108)(H,93,110)(H,94,105)(H,95,107)(H,111,112). The van der Waals surface area contributed by atoms with Gasteiger partial charge < -0.3 is 133 Å². The van der Waals surface area contributed by atoms with Crippen molar-refractivity contribution in [3.05, 3.63) is 180 Å². The van der Waals surface area contributed by atoms with Crippen molar-refractivity contribution in [3.8, 4) is 62.9 Å². The Morgan fingerprint density at radius 2 is 1.28 bits per heavy atom. The number of hydrogen-bond acceptors (Lipinski definition) is 26. The second kappa shape index (κ2) is 37.1. The zero-order chi connectivity index (χ0) is 85.9. The number of aromatic hydroxyl groups is 3. The lowest BCUT2D eigenvalue weighted by Crippen LogP contribution is -2.65. The molecule has 34 nitrogen and oxygen atoms in total. The summed E-state index contributed by atoms with van der Waals surface area (Å²) in [5, 5.41) is 130. The lowest BCUT2D eigenvalue weighted by molar-refractivity contribution is -0.332. The van der Waals surface area contributed by atoms with E-state index in [4.69, 9.17) is 85.3 Å². The van der Waals surface area contributed by atoms with Crippen LogP contribution >= 0.6 is 46.4 Å². The summed E-state index contributed by atoms with van der Waals surface area (Å²) in [6, 6.07) is 12.0. The number of nitrogens with two attached hydrogens (primary N) is 1. The minimum atomic E-state index is -2.35. The van der Waals surface area contributed by atoms with Crippen LogP contribution in [-0.2, 0) is 65.7 Å². The quantitative estimate of drug-likeness (QED) is 0.0474. The van der Waals surface area contributed by atoms with Gasteiger partial charge in [0.1, 0.15) is 102 Å². The molecule has 7 amide bonds. The van der Waals surface area contributed by atoms with Gasteiger partial charge in [-0.25, -0.2) is 4.79 Å². The topological polar surface area (TPSA) is 518 Å². The Hall–Kier alpha value is -10.4. The number of aliphatic hydroxyl groups is 5. The summed E-state index contributed by atoms with van der Waals surface area (Å²) < 4.78 is 46.1. The Morgan fingerprint density at radius 3 is 1.90 bits per heavy atom. The second-order valence-corrected chi connectivity index (χ2v) is 31.7. The van der Waals surface area contributed by atoms with Gasteiger partial charge in [0.15, 0.2) is 29.9 Å². The number of carbonyl (C=O) groups excluding carboxylic acids is 7. The predicted octanol–water partition coefficient (Wildman–Crippen LogP) is 5.05. The van der Waals surface area contributed by atoms with E-state index in [1.165, 1.54) is 32.3 Å². The molecule has 18 atom stereocenters. The van der Waals surface area contributed by atoms with Crippen LogP contribution in [0.3, 0.4) is 0 Å². The molecule has 0 saturated carbocycles. The highest BCUT2D eigenvalue weighted by molar-refractivity contribution is 6.42. The number of halogens is 4. The van der Waals surface area contributed by atoms with Gasteiger partial charge in [0.2, 0.25) is 53.4 Å². The highest BCUT2D eigenvalue weighted by Crippen LogP contribution is 2.50. The number of hydrogen-bond donors (Lipinski definition) is 19. The number of likely N-dealkylation sites (N-methyl/N-ethyl adjacent to an activating group) is 2. The number of nitrogens with one attached hydrogen (secondary N) is 9. The summed E-state index contributed by atoms with van der Waals surface area (Å²) in [7, 11) is 3.01. The molecule has 7 aliphatic heterocycles. The van der Waals surface area contributed by atoms with Crippen LogP contribution in [0.15, 0.2) is 121 Å². The van der Waals surface area contributed by atoms with Crippen LogP contribution < -0.4 is 72.5 Å². The summed E-state index contributed by atoms with van der Waals surface area (Å²) in [4.78, 5) is 118. The third-order valence-corrected chi connectivity index (χ3v) is 22.3. The molecule has 2 saturated heterocycles. The first-order valence-corrected chi connectivity index (χ1v) is 39.1. The van der Waals surface area contributed by atoms with Gasteiger partial charge in [-0.1, -0.05) is 103 Å². The van der Waals surface area contributed by atoms with Crippen molar-refractivity contribution in [1.82, 2.24) is 47.9 Å². The van der Waals surface area contributed by atoms with Crippen LogP contribution in [0.1, 0.15) is 116 Å². The van der Waals surface area contributed by atoms with Crippen LogP contribution in [0.25, 0.3) is 11.1 Å². The van der Waals surface area contributed by atoms with Gasteiger partial charge in [-0.05, 0) is 140 Å². The lowest BCUT2D eigenvalue weighted by atomic mass is 9.84. The van der Waals surface area contributed by atoms with E-state index in [0.717, 1.165) is 71.8 Å². The molecule has 0 aliphatic carbocycles. The second-order valence-electron chi connectivity index (χ2n) is 30.0. The number of phenols is 3. The van der Waals surface area contributed by atoms with Crippen molar-refractivity contribution < 1.29 is 117 Å². The number of fused-ring (bicyclic) bond motifs is 15. The molecular weight excluding hydrogens is 1640 g/mol. The van der Waals surface area contributed by atoms with Gasteiger partial charge in [-0.15, -0.1) is 0 Å². The van der Waals surface area contributed by atoms with Gasteiger partial charge in [-0.3, -0.25) is 33.6 Å². The number of carbonyl (C=O) groups is 8. The summed E-state index contributed by atoms with van der Waals surface area (Å²) in [6.07, 6.45) is -17.8. The van der Waals surface area contributed by atoms with E-state index in [-0.39, 0.29) is 71.7 Å². The molecular formula is C81H88Cl4N10O24. The largest absolute Gasteiger partial charge is 0.508 e. The fraction of sp³-hybridized carbons (Fsp3) is 0.383. The van der Waals surface area contributed by atoms with E-state index in [2.05, 4.69) is 47.9 Å². The van der Waals surface area contributed by atoms with E-state index < -0.39 is 225 Å². The number of aliphatic hydroxyl groups excluding tert-OH is 5. The lowest BCUT2D eigenvalue weighted by Gasteiger charge is -2.48. The Bertz CT molecular complexity index is 5040. The van der Waals surface area contributed by atoms with Crippen LogP contribution in [0.2, 0.25) is 20.1 Å². The Kier molecular flexibility index (Phi) is 27.4. The molecule has 0 aromatic heterocycles. The van der Waals surface area contributed by atoms with E-state index >= 15 is 14.4 Å². The van der Waals surface area contributed by atoms with Crippen LogP contribution in [-0.4, -0.2) is 193 Å². The summed E-state index contributed by atoms with van der Waals surface area (Å²) in [5.41, 5.74) is 3.40. The maximum atomic E-state index is 16.3. The first-order chi connectivity index (χ1) is 56.5. The molecule has 119 heavy (non-hydrogen) atoms. The Balaban J connectivity index is 1.02. The molecule has 18 unspecified atom stereocenters. The monoisotopic (exact) mass is 1720 g/mol. The minimum Gasteiger partial charge on any atom is -0.508 e. The van der Waals surface area contributed by atoms with E-state index in [1.54, 1.807) is 32.0 Å². The van der Waals surface area contributed by atoms with Crippen molar-refractivity contribution in [2.24, 2.45) is 11.7 Å². The average Bonchev–Trinajstić information content (AvgIpc) is 0.766. The summed E-state index contributed by atoms with van der Waals surface area (Å²) >= 11 is 26.7. The molecule has 11 bridgehead atoms. The van der Waals surface area contributed by atoms with Crippen molar-refractivity contribution >= 4 is 93.7 Å². The minimum absolute atomic E-state index is 0.103. The van der Waals surface area contributed by atoms with Crippen molar-refractivity contribution in [2.75, 3.05) is 20.6 Å². The van der Waals surface area contributed by atoms with E-state index in [9.17, 15) is 69.9 Å². The van der Waals surface area contributed by atoms with E-state index in [0.29, 0.717) is 15.8 Å². The number of rotatable bonds is 20. The smallest absolute Gasteiger partial charge is 0.330 e.